The lowest BCUT2D eigenvalue weighted by atomic mass is 9.80. The molecule has 0 aromatic heterocycles. The average molecular weight is 302 g/mol. The second-order valence-electron chi connectivity index (χ2n) is 6.63. The molecule has 1 aliphatic heterocycles. The Kier molecular flexibility index (Phi) is 5.74. The molecule has 2 fully saturated rings. The first kappa shape index (κ1) is 15.8. The van der Waals surface area contributed by atoms with Gasteiger partial charge in [-0.3, -0.25) is 4.90 Å². The van der Waals surface area contributed by atoms with Crippen LogP contribution in [0.3, 0.4) is 0 Å². The van der Waals surface area contributed by atoms with Crippen LogP contribution >= 0.6 is 0 Å². The van der Waals surface area contributed by atoms with Crippen LogP contribution in [0.15, 0.2) is 24.3 Å². The molecule has 0 bridgehead atoms. The van der Waals surface area contributed by atoms with E-state index in [1.54, 1.807) is 0 Å². The molecule has 1 aliphatic carbocycles. The SMILES string of the molecule is CCOc1ccc([C@H](C2CCCCC2)N2CCNCC2)cc1. The Morgan fingerprint density at radius 3 is 2.41 bits per heavy atom. The maximum absolute atomic E-state index is 5.61. The highest BCUT2D eigenvalue weighted by Crippen LogP contribution is 2.38. The zero-order valence-corrected chi connectivity index (χ0v) is 13.9. The summed E-state index contributed by atoms with van der Waals surface area (Å²) in [4.78, 5) is 2.71. The predicted octanol–water partition coefficient (Wildman–Crippen LogP) is 3.61. The van der Waals surface area contributed by atoms with Crippen molar-refractivity contribution >= 4 is 0 Å². The van der Waals surface area contributed by atoms with Crippen molar-refractivity contribution in [1.29, 1.82) is 0 Å². The molecule has 2 aliphatic rings. The van der Waals surface area contributed by atoms with Crippen LogP contribution in [0, 0.1) is 5.92 Å². The molecule has 0 radical (unpaired) electrons. The minimum atomic E-state index is 0.595. The molecule has 1 heterocycles. The Labute approximate surface area is 135 Å². The lowest BCUT2D eigenvalue weighted by Crippen LogP contribution is -2.47. The summed E-state index contributed by atoms with van der Waals surface area (Å²) in [6.45, 7) is 7.38. The maximum Gasteiger partial charge on any atom is 0.119 e. The Hall–Kier alpha value is -1.06. The minimum absolute atomic E-state index is 0.595. The standard InChI is InChI=1S/C19H30N2O/c1-2-22-18-10-8-17(9-11-18)19(16-6-4-3-5-7-16)21-14-12-20-13-15-21/h8-11,16,19-20H,2-7,12-15H2,1H3/t19-/m0/s1. The van der Waals surface area contributed by atoms with Gasteiger partial charge in [0.15, 0.2) is 0 Å². The Balaban J connectivity index is 1.79. The third-order valence-electron chi connectivity index (χ3n) is 5.17. The Bertz CT molecular complexity index is 415. The van der Waals surface area contributed by atoms with E-state index in [1.807, 2.05) is 6.92 Å². The third kappa shape index (κ3) is 3.82. The van der Waals surface area contributed by atoms with Crippen LogP contribution in [0.25, 0.3) is 0 Å². The van der Waals surface area contributed by atoms with Gasteiger partial charge < -0.3 is 10.1 Å². The van der Waals surface area contributed by atoms with E-state index in [4.69, 9.17) is 4.74 Å². The molecule has 1 N–H and O–H groups in total. The van der Waals surface area contributed by atoms with Crippen LogP contribution in [0.5, 0.6) is 5.75 Å². The van der Waals surface area contributed by atoms with Crippen molar-refractivity contribution < 1.29 is 4.74 Å². The summed E-state index contributed by atoms with van der Waals surface area (Å²) >= 11 is 0. The Morgan fingerprint density at radius 2 is 1.77 bits per heavy atom. The summed E-state index contributed by atoms with van der Waals surface area (Å²) in [5, 5.41) is 3.49. The quantitative estimate of drug-likeness (QED) is 0.899. The van der Waals surface area contributed by atoms with Gasteiger partial charge in [0.1, 0.15) is 5.75 Å². The molecule has 3 nitrogen and oxygen atoms in total. The van der Waals surface area contributed by atoms with Crippen molar-refractivity contribution in [3.05, 3.63) is 29.8 Å². The van der Waals surface area contributed by atoms with Gasteiger partial charge in [0.25, 0.3) is 0 Å². The highest BCUT2D eigenvalue weighted by atomic mass is 16.5. The Morgan fingerprint density at radius 1 is 1.09 bits per heavy atom. The van der Waals surface area contributed by atoms with Gasteiger partial charge in [-0.2, -0.15) is 0 Å². The van der Waals surface area contributed by atoms with Crippen molar-refractivity contribution in [2.24, 2.45) is 5.92 Å². The zero-order valence-electron chi connectivity index (χ0n) is 13.9. The molecule has 3 rings (SSSR count). The highest BCUT2D eigenvalue weighted by molar-refractivity contribution is 5.30. The second-order valence-corrected chi connectivity index (χ2v) is 6.63. The minimum Gasteiger partial charge on any atom is -0.494 e. The van der Waals surface area contributed by atoms with Gasteiger partial charge in [-0.1, -0.05) is 31.4 Å². The van der Waals surface area contributed by atoms with Gasteiger partial charge in [-0.05, 0) is 43.4 Å². The summed E-state index contributed by atoms with van der Waals surface area (Å²) < 4.78 is 5.61. The summed E-state index contributed by atoms with van der Waals surface area (Å²) in [6.07, 6.45) is 7.02. The van der Waals surface area contributed by atoms with Crippen molar-refractivity contribution in [2.75, 3.05) is 32.8 Å². The monoisotopic (exact) mass is 302 g/mol. The largest absolute Gasteiger partial charge is 0.494 e. The van der Waals surface area contributed by atoms with E-state index in [9.17, 15) is 0 Å². The molecule has 0 spiro atoms. The van der Waals surface area contributed by atoms with E-state index >= 15 is 0 Å². The van der Waals surface area contributed by atoms with Crippen LogP contribution in [-0.4, -0.2) is 37.7 Å². The summed E-state index contributed by atoms with van der Waals surface area (Å²) in [7, 11) is 0. The molecular weight excluding hydrogens is 272 g/mol. The fraction of sp³-hybridized carbons (Fsp3) is 0.684. The zero-order chi connectivity index (χ0) is 15.2. The van der Waals surface area contributed by atoms with Crippen molar-refractivity contribution in [2.45, 2.75) is 45.1 Å². The van der Waals surface area contributed by atoms with Crippen LogP contribution in [0.2, 0.25) is 0 Å². The van der Waals surface area contributed by atoms with E-state index < -0.39 is 0 Å². The maximum atomic E-state index is 5.61. The number of piperazine rings is 1. The van der Waals surface area contributed by atoms with E-state index in [2.05, 4.69) is 34.5 Å². The van der Waals surface area contributed by atoms with E-state index in [1.165, 1.54) is 50.8 Å². The topological polar surface area (TPSA) is 24.5 Å². The second kappa shape index (κ2) is 7.98. The lowest BCUT2D eigenvalue weighted by molar-refractivity contribution is 0.103. The first-order valence-electron chi connectivity index (χ1n) is 9.06. The molecule has 1 saturated heterocycles. The van der Waals surface area contributed by atoms with Crippen LogP contribution in [-0.2, 0) is 0 Å². The van der Waals surface area contributed by atoms with Crippen LogP contribution in [0.4, 0.5) is 0 Å². The molecule has 22 heavy (non-hydrogen) atoms. The molecule has 0 unspecified atom stereocenters. The first-order valence-corrected chi connectivity index (χ1v) is 9.06. The number of ether oxygens (including phenoxy) is 1. The smallest absolute Gasteiger partial charge is 0.119 e. The highest BCUT2D eigenvalue weighted by Gasteiger charge is 2.30. The molecule has 1 saturated carbocycles. The normalized spacial score (nSPS) is 22.4. The van der Waals surface area contributed by atoms with Gasteiger partial charge >= 0.3 is 0 Å². The van der Waals surface area contributed by atoms with Gasteiger partial charge in [-0.25, -0.2) is 0 Å². The molecule has 1 atom stereocenters. The molecule has 3 heteroatoms. The van der Waals surface area contributed by atoms with Gasteiger partial charge in [0.2, 0.25) is 0 Å². The number of hydrogen-bond acceptors (Lipinski definition) is 3. The molecule has 1 aromatic carbocycles. The van der Waals surface area contributed by atoms with Crippen molar-refractivity contribution in [3.63, 3.8) is 0 Å². The summed E-state index contributed by atoms with van der Waals surface area (Å²) in [5.41, 5.74) is 1.48. The number of hydrogen-bond donors (Lipinski definition) is 1. The molecular formula is C19H30N2O. The number of nitrogens with zero attached hydrogens (tertiary/aromatic N) is 1. The number of benzene rings is 1. The van der Waals surface area contributed by atoms with E-state index in [0.29, 0.717) is 6.04 Å². The number of rotatable bonds is 5. The molecule has 0 amide bonds. The van der Waals surface area contributed by atoms with Gasteiger partial charge in [0, 0.05) is 32.2 Å². The van der Waals surface area contributed by atoms with E-state index in [0.717, 1.165) is 31.4 Å². The molecule has 122 valence electrons. The van der Waals surface area contributed by atoms with Crippen LogP contribution in [0.1, 0.15) is 50.6 Å². The fourth-order valence-corrected chi connectivity index (χ4v) is 4.12. The van der Waals surface area contributed by atoms with Crippen molar-refractivity contribution in [3.8, 4) is 5.75 Å². The fourth-order valence-electron chi connectivity index (χ4n) is 4.12. The molecule has 1 aromatic rings. The number of nitrogens with one attached hydrogen (secondary N) is 1. The van der Waals surface area contributed by atoms with E-state index in [-0.39, 0.29) is 0 Å². The average Bonchev–Trinajstić information content (AvgIpc) is 2.59. The van der Waals surface area contributed by atoms with Gasteiger partial charge in [0.05, 0.1) is 6.61 Å². The first-order chi connectivity index (χ1) is 10.9. The third-order valence-corrected chi connectivity index (χ3v) is 5.17. The predicted molar refractivity (Wildman–Crippen MR) is 91.4 cm³/mol. The van der Waals surface area contributed by atoms with Gasteiger partial charge in [-0.15, -0.1) is 0 Å². The summed E-state index contributed by atoms with van der Waals surface area (Å²) in [6, 6.07) is 9.49. The van der Waals surface area contributed by atoms with Crippen molar-refractivity contribution in [1.82, 2.24) is 10.2 Å². The van der Waals surface area contributed by atoms with Crippen LogP contribution < -0.4 is 10.1 Å². The lowest BCUT2D eigenvalue weighted by Gasteiger charge is -2.41. The summed E-state index contributed by atoms with van der Waals surface area (Å²) in [5.74, 6) is 1.82.